The largest absolute Gasteiger partial charge is 0.482 e. The number of ether oxygens (including phenoxy) is 1. The van der Waals surface area contributed by atoms with Crippen LogP contribution in [-0.2, 0) is 26.2 Å². The molecule has 2 heterocycles. The Balaban J connectivity index is 1.38. The van der Waals surface area contributed by atoms with Crippen LogP contribution in [0.4, 0.5) is 5.69 Å². The van der Waals surface area contributed by atoms with Gasteiger partial charge in [0, 0.05) is 23.6 Å². The van der Waals surface area contributed by atoms with Crippen molar-refractivity contribution in [1.82, 2.24) is 4.90 Å². The summed E-state index contributed by atoms with van der Waals surface area (Å²) in [5.41, 5.74) is 3.86. The molecular formula is C22H17BrN2O3. The van der Waals surface area contributed by atoms with E-state index in [1.54, 1.807) is 12.1 Å². The van der Waals surface area contributed by atoms with Crippen LogP contribution < -0.4 is 10.2 Å². The first kappa shape index (κ1) is 18.5. The standard InChI is InChI=1S/C22H17BrN2O3/c1-24-19-6-2-15(3-7-19)13-28-22-14-27-20(9-21(22)26)12-25-10-16-4-5-18(23)8-17(16)11-25/h2-9,14H,10-13H2. The van der Waals surface area contributed by atoms with Gasteiger partial charge < -0.3 is 9.15 Å². The van der Waals surface area contributed by atoms with Gasteiger partial charge in [-0.05, 0) is 28.8 Å². The molecule has 0 amide bonds. The minimum Gasteiger partial charge on any atom is -0.482 e. The summed E-state index contributed by atoms with van der Waals surface area (Å²) in [6, 6.07) is 14.9. The molecule has 0 atom stereocenters. The number of hydrogen-bond acceptors (Lipinski definition) is 4. The minimum atomic E-state index is -0.196. The highest BCUT2D eigenvalue weighted by Gasteiger charge is 2.20. The highest BCUT2D eigenvalue weighted by Crippen LogP contribution is 2.27. The molecule has 3 aromatic rings. The van der Waals surface area contributed by atoms with Crippen molar-refractivity contribution in [2.75, 3.05) is 0 Å². The normalized spacial score (nSPS) is 13.1. The molecular weight excluding hydrogens is 420 g/mol. The van der Waals surface area contributed by atoms with E-state index in [9.17, 15) is 4.79 Å². The number of hydrogen-bond donors (Lipinski definition) is 0. The molecule has 0 saturated heterocycles. The third-order valence-electron chi connectivity index (χ3n) is 4.65. The summed E-state index contributed by atoms with van der Waals surface area (Å²) in [6.07, 6.45) is 1.38. The summed E-state index contributed by atoms with van der Waals surface area (Å²) in [7, 11) is 0. The summed E-state index contributed by atoms with van der Waals surface area (Å²) in [5.74, 6) is 0.803. The van der Waals surface area contributed by atoms with E-state index in [4.69, 9.17) is 15.7 Å². The summed E-state index contributed by atoms with van der Waals surface area (Å²) in [4.78, 5) is 17.9. The topological polar surface area (TPSA) is 47.0 Å². The van der Waals surface area contributed by atoms with Gasteiger partial charge in [-0.3, -0.25) is 9.69 Å². The van der Waals surface area contributed by atoms with Crippen molar-refractivity contribution in [3.05, 3.63) is 103 Å². The van der Waals surface area contributed by atoms with Gasteiger partial charge >= 0.3 is 0 Å². The molecule has 0 fully saturated rings. The van der Waals surface area contributed by atoms with E-state index in [-0.39, 0.29) is 17.8 Å². The lowest BCUT2D eigenvalue weighted by atomic mass is 10.1. The maximum absolute atomic E-state index is 12.3. The minimum absolute atomic E-state index is 0.187. The molecule has 0 spiro atoms. The molecule has 28 heavy (non-hydrogen) atoms. The van der Waals surface area contributed by atoms with Crippen LogP contribution in [0.2, 0.25) is 0 Å². The number of rotatable bonds is 5. The van der Waals surface area contributed by atoms with Crippen molar-refractivity contribution < 1.29 is 9.15 Å². The first-order valence-corrected chi connectivity index (χ1v) is 9.60. The molecule has 0 aliphatic carbocycles. The molecule has 1 aromatic heterocycles. The molecule has 0 N–H and O–H groups in total. The number of benzene rings is 2. The SMILES string of the molecule is [C-]#[N+]c1ccc(COc2coc(CN3Cc4ccc(Br)cc4C3)cc2=O)cc1. The molecule has 0 saturated carbocycles. The van der Waals surface area contributed by atoms with Crippen LogP contribution in [0, 0.1) is 6.57 Å². The second kappa shape index (κ2) is 8.01. The van der Waals surface area contributed by atoms with Gasteiger partial charge in [0.05, 0.1) is 13.1 Å². The highest BCUT2D eigenvalue weighted by molar-refractivity contribution is 9.10. The molecule has 5 nitrogen and oxygen atoms in total. The van der Waals surface area contributed by atoms with Crippen LogP contribution in [0.25, 0.3) is 4.85 Å². The fourth-order valence-electron chi connectivity index (χ4n) is 3.22. The van der Waals surface area contributed by atoms with Crippen LogP contribution >= 0.6 is 15.9 Å². The molecule has 1 aliphatic heterocycles. The smallest absolute Gasteiger partial charge is 0.227 e. The van der Waals surface area contributed by atoms with Gasteiger partial charge in [-0.2, -0.15) is 0 Å². The molecule has 1 aliphatic rings. The molecule has 0 bridgehead atoms. The Labute approximate surface area is 171 Å². The van der Waals surface area contributed by atoms with E-state index in [1.165, 1.54) is 23.5 Å². The van der Waals surface area contributed by atoms with Gasteiger partial charge in [-0.15, -0.1) is 0 Å². The first-order chi connectivity index (χ1) is 13.6. The Hall–Kier alpha value is -2.88. The number of halogens is 1. The Morgan fingerprint density at radius 2 is 1.89 bits per heavy atom. The maximum atomic E-state index is 12.3. The number of nitrogens with zero attached hydrogens (tertiary/aromatic N) is 2. The average Bonchev–Trinajstić information content (AvgIpc) is 3.09. The molecule has 4 rings (SSSR count). The zero-order valence-corrected chi connectivity index (χ0v) is 16.6. The second-order valence-corrected chi connectivity index (χ2v) is 7.62. The molecule has 140 valence electrons. The summed E-state index contributed by atoms with van der Waals surface area (Å²) in [5, 5.41) is 0. The molecule has 0 unspecified atom stereocenters. The zero-order valence-electron chi connectivity index (χ0n) is 15.0. The highest BCUT2D eigenvalue weighted by atomic mass is 79.9. The Kier molecular flexibility index (Phi) is 5.29. The van der Waals surface area contributed by atoms with E-state index in [1.807, 2.05) is 18.2 Å². The Morgan fingerprint density at radius 3 is 2.64 bits per heavy atom. The predicted molar refractivity (Wildman–Crippen MR) is 109 cm³/mol. The lowest BCUT2D eigenvalue weighted by molar-refractivity contribution is 0.241. The Bertz CT molecular complexity index is 1100. The quantitative estimate of drug-likeness (QED) is 0.525. The monoisotopic (exact) mass is 436 g/mol. The third-order valence-corrected chi connectivity index (χ3v) is 5.14. The van der Waals surface area contributed by atoms with E-state index in [2.05, 4.69) is 37.8 Å². The molecule has 0 radical (unpaired) electrons. The van der Waals surface area contributed by atoms with Crippen LogP contribution in [0.3, 0.4) is 0 Å². The van der Waals surface area contributed by atoms with Crippen molar-refractivity contribution in [2.24, 2.45) is 0 Å². The number of fused-ring (bicyclic) bond motifs is 1. The van der Waals surface area contributed by atoms with E-state index >= 15 is 0 Å². The lowest BCUT2D eigenvalue weighted by Crippen LogP contribution is -2.17. The fourth-order valence-corrected chi connectivity index (χ4v) is 3.63. The van der Waals surface area contributed by atoms with Crippen molar-refractivity contribution in [2.45, 2.75) is 26.2 Å². The first-order valence-electron chi connectivity index (χ1n) is 8.81. The van der Waals surface area contributed by atoms with Crippen molar-refractivity contribution >= 4 is 21.6 Å². The van der Waals surface area contributed by atoms with Crippen molar-refractivity contribution in [3.63, 3.8) is 0 Å². The van der Waals surface area contributed by atoms with Crippen LogP contribution in [0.15, 0.2) is 68.5 Å². The summed E-state index contributed by atoms with van der Waals surface area (Å²) in [6.45, 7) is 9.45. The van der Waals surface area contributed by atoms with Gasteiger partial charge in [0.1, 0.15) is 18.6 Å². The third kappa shape index (κ3) is 4.16. The Morgan fingerprint density at radius 1 is 1.11 bits per heavy atom. The van der Waals surface area contributed by atoms with Crippen molar-refractivity contribution in [3.8, 4) is 5.75 Å². The summed E-state index contributed by atoms with van der Waals surface area (Å²) < 4.78 is 12.3. The summed E-state index contributed by atoms with van der Waals surface area (Å²) >= 11 is 3.50. The van der Waals surface area contributed by atoms with Crippen LogP contribution in [0.1, 0.15) is 22.5 Å². The fraction of sp³-hybridized carbons (Fsp3) is 0.182. The van der Waals surface area contributed by atoms with Crippen molar-refractivity contribution in [1.29, 1.82) is 0 Å². The molecule has 6 heteroatoms. The van der Waals surface area contributed by atoms with Gasteiger partial charge in [0.2, 0.25) is 11.2 Å². The second-order valence-electron chi connectivity index (χ2n) is 6.70. The van der Waals surface area contributed by atoms with Gasteiger partial charge in [-0.25, -0.2) is 4.85 Å². The lowest BCUT2D eigenvalue weighted by Gasteiger charge is -2.14. The van der Waals surface area contributed by atoms with Crippen LogP contribution in [0.5, 0.6) is 5.75 Å². The average molecular weight is 437 g/mol. The van der Waals surface area contributed by atoms with Crippen LogP contribution in [-0.4, -0.2) is 4.90 Å². The predicted octanol–water partition coefficient (Wildman–Crippen LogP) is 5.05. The van der Waals surface area contributed by atoms with Gasteiger partial charge in [0.25, 0.3) is 0 Å². The van der Waals surface area contributed by atoms with E-state index in [0.29, 0.717) is 18.0 Å². The zero-order chi connectivity index (χ0) is 19.5. The van der Waals surface area contributed by atoms with Gasteiger partial charge in [0.15, 0.2) is 5.69 Å². The molecule has 2 aromatic carbocycles. The van der Waals surface area contributed by atoms with Gasteiger partial charge in [-0.1, -0.05) is 46.3 Å². The van der Waals surface area contributed by atoms with E-state index in [0.717, 1.165) is 23.1 Å². The van der Waals surface area contributed by atoms with E-state index < -0.39 is 0 Å². The maximum Gasteiger partial charge on any atom is 0.227 e.